The second-order valence-corrected chi connectivity index (χ2v) is 13.9. The topological polar surface area (TPSA) is 40.5 Å². The van der Waals surface area contributed by atoms with Crippen molar-refractivity contribution in [3.05, 3.63) is 46.5 Å². The summed E-state index contributed by atoms with van der Waals surface area (Å²) >= 11 is 1.46. The third kappa shape index (κ3) is 5.80. The van der Waals surface area contributed by atoms with Gasteiger partial charge in [0.15, 0.2) is 0 Å². The molecule has 0 bridgehead atoms. The summed E-state index contributed by atoms with van der Waals surface area (Å²) in [5.74, 6) is 0.617. The van der Waals surface area contributed by atoms with Crippen LogP contribution >= 0.6 is 11.8 Å². The number of hydrogen-bond acceptors (Lipinski definition) is 3. The number of phenols is 2. The number of benzene rings is 2. The molecule has 0 aliphatic heterocycles. The first-order chi connectivity index (χ1) is 13.7. The predicted molar refractivity (Wildman–Crippen MR) is 135 cm³/mol. The van der Waals surface area contributed by atoms with E-state index in [1.807, 2.05) is 0 Å². The van der Waals surface area contributed by atoms with Gasteiger partial charge < -0.3 is 10.2 Å². The first-order valence-electron chi connectivity index (χ1n) is 11.2. The van der Waals surface area contributed by atoms with Gasteiger partial charge in [0.25, 0.3) is 0 Å². The van der Waals surface area contributed by atoms with Crippen LogP contribution < -0.4 is 0 Å². The van der Waals surface area contributed by atoms with Gasteiger partial charge >= 0.3 is 0 Å². The van der Waals surface area contributed by atoms with Crippen molar-refractivity contribution in [2.45, 2.75) is 115 Å². The molecule has 0 aromatic heterocycles. The number of rotatable bonds is 2. The molecule has 2 aromatic carbocycles. The van der Waals surface area contributed by atoms with Crippen LogP contribution in [0.5, 0.6) is 11.5 Å². The summed E-state index contributed by atoms with van der Waals surface area (Å²) in [5, 5.41) is 22.4. The third-order valence-electron chi connectivity index (χ3n) is 5.72. The third-order valence-corrected chi connectivity index (χ3v) is 6.78. The van der Waals surface area contributed by atoms with Crippen LogP contribution in [0.15, 0.2) is 34.1 Å². The van der Waals surface area contributed by atoms with Crippen molar-refractivity contribution in [2.75, 3.05) is 0 Å². The van der Waals surface area contributed by atoms with Crippen LogP contribution in [0.4, 0.5) is 0 Å². The highest BCUT2D eigenvalue weighted by atomic mass is 32.2. The molecule has 0 spiro atoms. The quantitative estimate of drug-likeness (QED) is 0.490. The van der Waals surface area contributed by atoms with Gasteiger partial charge in [-0.1, -0.05) is 107 Å². The Kier molecular flexibility index (Phi) is 6.67. The van der Waals surface area contributed by atoms with Crippen molar-refractivity contribution in [1.29, 1.82) is 0 Å². The van der Waals surface area contributed by atoms with Gasteiger partial charge in [0, 0.05) is 11.1 Å². The van der Waals surface area contributed by atoms with Gasteiger partial charge in [-0.2, -0.15) is 0 Å². The molecule has 2 nitrogen and oxygen atoms in total. The highest BCUT2D eigenvalue weighted by Crippen LogP contribution is 2.48. The highest BCUT2D eigenvalue weighted by Gasteiger charge is 2.28. The first kappa shape index (κ1) is 25.6. The van der Waals surface area contributed by atoms with Crippen LogP contribution in [-0.4, -0.2) is 10.2 Å². The summed E-state index contributed by atoms with van der Waals surface area (Å²) in [5.41, 5.74) is 3.76. The summed E-state index contributed by atoms with van der Waals surface area (Å²) in [7, 11) is 0. The molecular weight excluding hydrogens is 400 g/mol. The number of aromatic hydroxyl groups is 2. The maximum Gasteiger partial charge on any atom is 0.133 e. The molecule has 0 fully saturated rings. The lowest BCUT2D eigenvalue weighted by atomic mass is 9.80. The minimum Gasteiger partial charge on any atom is -0.506 e. The summed E-state index contributed by atoms with van der Waals surface area (Å²) < 4.78 is 0. The van der Waals surface area contributed by atoms with Gasteiger partial charge in [-0.3, -0.25) is 0 Å². The second kappa shape index (κ2) is 8.06. The zero-order valence-corrected chi connectivity index (χ0v) is 22.4. The van der Waals surface area contributed by atoms with E-state index in [-0.39, 0.29) is 21.7 Å². The fourth-order valence-electron chi connectivity index (χ4n) is 3.50. The minimum atomic E-state index is -0.188. The summed E-state index contributed by atoms with van der Waals surface area (Å²) in [6.07, 6.45) is 0. The van der Waals surface area contributed by atoms with Gasteiger partial charge in [-0.15, -0.1) is 0 Å². The van der Waals surface area contributed by atoms with E-state index in [9.17, 15) is 10.2 Å². The number of hydrogen-bond donors (Lipinski definition) is 2. The Balaban J connectivity index is 2.78. The van der Waals surface area contributed by atoms with Crippen LogP contribution in [0, 0.1) is 0 Å². The Morgan fingerprint density at radius 1 is 0.484 bits per heavy atom. The molecule has 0 aliphatic carbocycles. The average Bonchev–Trinajstić information content (AvgIpc) is 2.53. The van der Waals surface area contributed by atoms with Crippen molar-refractivity contribution < 1.29 is 10.2 Å². The van der Waals surface area contributed by atoms with Crippen molar-refractivity contribution in [2.24, 2.45) is 0 Å². The van der Waals surface area contributed by atoms with Crippen LogP contribution in [0.1, 0.15) is 105 Å². The monoisotopic (exact) mass is 442 g/mol. The molecule has 0 amide bonds. The largest absolute Gasteiger partial charge is 0.506 e. The maximum atomic E-state index is 11.2. The van der Waals surface area contributed by atoms with Crippen molar-refractivity contribution in [3.8, 4) is 11.5 Å². The van der Waals surface area contributed by atoms with E-state index < -0.39 is 0 Å². The Morgan fingerprint density at radius 2 is 0.774 bits per heavy atom. The Labute approximate surface area is 194 Å². The van der Waals surface area contributed by atoms with E-state index in [4.69, 9.17) is 0 Å². The average molecular weight is 443 g/mol. The van der Waals surface area contributed by atoms with E-state index in [0.29, 0.717) is 11.5 Å². The molecule has 172 valence electrons. The Morgan fingerprint density at radius 3 is 1.00 bits per heavy atom. The van der Waals surface area contributed by atoms with Crippen molar-refractivity contribution >= 4 is 11.8 Å². The SMILES string of the molecule is CC(C)(C)c1cc(Sc2cc(C(C)(C)C)cc(C(C)(C)C)c2O)c(O)c(C(C)(C)C)c1. The zero-order valence-electron chi connectivity index (χ0n) is 21.6. The Bertz CT molecular complexity index is 879. The molecule has 0 heterocycles. The first-order valence-corrected chi connectivity index (χ1v) is 12.0. The van der Waals surface area contributed by atoms with Crippen LogP contribution in [0.3, 0.4) is 0 Å². The van der Waals surface area contributed by atoms with Gasteiger partial charge in [-0.05, 0) is 44.9 Å². The lowest BCUT2D eigenvalue weighted by Crippen LogP contribution is -2.17. The fraction of sp³-hybridized carbons (Fsp3) is 0.571. The summed E-state index contributed by atoms with van der Waals surface area (Å²) in [6.45, 7) is 25.9. The molecule has 0 aliphatic rings. The summed E-state index contributed by atoms with van der Waals surface area (Å²) in [6, 6.07) is 8.42. The van der Waals surface area contributed by atoms with Crippen LogP contribution in [-0.2, 0) is 21.7 Å². The molecule has 3 heteroatoms. The minimum absolute atomic E-state index is 0.0467. The van der Waals surface area contributed by atoms with Gasteiger partial charge in [0.2, 0.25) is 0 Å². The van der Waals surface area contributed by atoms with Gasteiger partial charge in [-0.25, -0.2) is 0 Å². The number of phenolic OH excluding ortho intramolecular Hbond substituents is 2. The smallest absolute Gasteiger partial charge is 0.133 e. The molecule has 2 N–H and O–H groups in total. The second-order valence-electron chi connectivity index (χ2n) is 12.8. The van der Waals surface area contributed by atoms with Gasteiger partial charge in [0.05, 0.1) is 9.79 Å². The van der Waals surface area contributed by atoms with E-state index >= 15 is 0 Å². The van der Waals surface area contributed by atoms with Crippen LogP contribution in [0.25, 0.3) is 0 Å². The molecular formula is C28H42O2S. The standard InChI is InChI=1S/C28H42O2S/c1-25(2,3)17-13-19(27(7,8)9)23(29)21(15-17)31-22-16-18(26(4,5)6)14-20(24(22)30)28(10,11)12/h13-16,29-30H,1-12H3. The predicted octanol–water partition coefficient (Wildman–Crippen LogP) is 8.44. The summed E-state index contributed by atoms with van der Waals surface area (Å²) in [4.78, 5) is 1.58. The lowest BCUT2D eigenvalue weighted by molar-refractivity contribution is 0.430. The van der Waals surface area contributed by atoms with E-state index in [2.05, 4.69) is 107 Å². The normalized spacial score (nSPS) is 13.5. The van der Waals surface area contributed by atoms with Crippen molar-refractivity contribution in [1.82, 2.24) is 0 Å². The molecule has 0 saturated carbocycles. The molecule has 0 unspecified atom stereocenters. The van der Waals surface area contributed by atoms with E-state index in [0.717, 1.165) is 20.9 Å². The van der Waals surface area contributed by atoms with Gasteiger partial charge in [0.1, 0.15) is 11.5 Å². The Hall–Kier alpha value is -1.61. The van der Waals surface area contributed by atoms with Crippen molar-refractivity contribution in [3.63, 3.8) is 0 Å². The zero-order chi connectivity index (χ0) is 24.2. The molecule has 31 heavy (non-hydrogen) atoms. The molecule has 2 aromatic rings. The highest BCUT2D eigenvalue weighted by molar-refractivity contribution is 7.99. The molecule has 0 radical (unpaired) electrons. The van der Waals surface area contributed by atoms with E-state index in [1.165, 1.54) is 22.9 Å². The molecule has 0 saturated heterocycles. The fourth-order valence-corrected chi connectivity index (χ4v) is 4.52. The van der Waals surface area contributed by atoms with E-state index in [1.54, 1.807) is 0 Å². The molecule has 0 atom stereocenters. The maximum absolute atomic E-state index is 11.2. The lowest BCUT2D eigenvalue weighted by Gasteiger charge is -2.29. The molecule has 2 rings (SSSR count). The van der Waals surface area contributed by atoms with Crippen LogP contribution in [0.2, 0.25) is 0 Å².